The molecule has 0 bridgehead atoms. The Kier molecular flexibility index (Phi) is 3.30. The lowest BCUT2D eigenvalue weighted by Gasteiger charge is -2.12. The minimum Gasteiger partial charge on any atom is -0.243 e. The Morgan fingerprint density at radius 2 is 1.61 bits per heavy atom. The summed E-state index contributed by atoms with van der Waals surface area (Å²) in [7, 11) is -3.47. The molecule has 0 unspecified atom stereocenters. The van der Waals surface area contributed by atoms with Crippen molar-refractivity contribution in [2.45, 2.75) is 32.1 Å². The molecule has 0 spiro atoms. The molecule has 0 aliphatic heterocycles. The van der Waals surface area contributed by atoms with Crippen LogP contribution in [0.1, 0.15) is 23.9 Å². The number of rotatable bonds is 3. The molecule has 0 atom stereocenters. The van der Waals surface area contributed by atoms with E-state index in [1.54, 1.807) is 12.1 Å². The van der Waals surface area contributed by atoms with E-state index in [4.69, 9.17) is 0 Å². The molecule has 2 rings (SSSR count). The number of nitrogens with zero attached hydrogens (tertiary/aromatic N) is 1. The molecule has 0 saturated carbocycles. The fourth-order valence-electron chi connectivity index (χ4n) is 2.00. The van der Waals surface area contributed by atoms with E-state index in [0.717, 1.165) is 17.0 Å². The number of aromatic nitrogens is 1. The van der Waals surface area contributed by atoms with Gasteiger partial charge < -0.3 is 0 Å². The highest BCUT2D eigenvalue weighted by Gasteiger charge is 2.20. The summed E-state index contributed by atoms with van der Waals surface area (Å²) in [5.74, 6) is 0. The summed E-state index contributed by atoms with van der Waals surface area (Å²) in [6, 6.07) is 10.6. The zero-order valence-corrected chi connectivity index (χ0v) is 11.7. The predicted octanol–water partition coefficient (Wildman–Crippen LogP) is 2.90. The van der Waals surface area contributed by atoms with E-state index in [9.17, 15) is 8.42 Å². The van der Waals surface area contributed by atoms with Gasteiger partial charge in [-0.2, -0.15) is 0 Å². The minimum absolute atomic E-state index is 0.335. The first-order valence-electron chi connectivity index (χ1n) is 5.96. The molecule has 1 aromatic heterocycles. The standard InChI is InChI=1S/C14H17NO2S/c1-4-13-8-7-12(3)15(13)18(16,17)14-9-5-11(2)6-10-14/h5-10H,4H2,1-3H3. The first-order chi connectivity index (χ1) is 8.46. The van der Waals surface area contributed by atoms with E-state index < -0.39 is 10.0 Å². The molecule has 0 aliphatic carbocycles. The number of hydrogen-bond donors (Lipinski definition) is 0. The van der Waals surface area contributed by atoms with E-state index in [-0.39, 0.29) is 0 Å². The van der Waals surface area contributed by atoms with E-state index >= 15 is 0 Å². The third kappa shape index (κ3) is 2.08. The molecule has 0 fully saturated rings. The fraction of sp³-hybridized carbons (Fsp3) is 0.286. The van der Waals surface area contributed by atoms with Gasteiger partial charge in [0, 0.05) is 11.4 Å². The maximum Gasteiger partial charge on any atom is 0.268 e. The first kappa shape index (κ1) is 12.9. The maximum atomic E-state index is 12.6. The third-order valence-corrected chi connectivity index (χ3v) is 4.89. The second kappa shape index (κ2) is 4.61. The molecule has 4 heteroatoms. The van der Waals surface area contributed by atoms with Gasteiger partial charge in [0.15, 0.2) is 0 Å². The summed E-state index contributed by atoms with van der Waals surface area (Å²) >= 11 is 0. The highest BCUT2D eigenvalue weighted by atomic mass is 32.2. The van der Waals surface area contributed by atoms with Crippen LogP contribution in [0.15, 0.2) is 41.3 Å². The van der Waals surface area contributed by atoms with Gasteiger partial charge in [0.1, 0.15) is 0 Å². The van der Waals surface area contributed by atoms with Crippen LogP contribution < -0.4 is 0 Å². The van der Waals surface area contributed by atoms with Gasteiger partial charge in [-0.1, -0.05) is 24.6 Å². The summed E-state index contributed by atoms with van der Waals surface area (Å²) in [6.45, 7) is 5.70. The number of benzene rings is 1. The fourth-order valence-corrected chi connectivity index (χ4v) is 3.63. The third-order valence-electron chi connectivity index (χ3n) is 3.02. The van der Waals surface area contributed by atoms with Crippen molar-refractivity contribution in [1.82, 2.24) is 3.97 Å². The maximum absolute atomic E-state index is 12.6. The van der Waals surface area contributed by atoms with Crippen molar-refractivity contribution in [3.63, 3.8) is 0 Å². The quantitative estimate of drug-likeness (QED) is 0.854. The lowest BCUT2D eigenvalue weighted by molar-refractivity contribution is 0.584. The topological polar surface area (TPSA) is 39.1 Å². The van der Waals surface area contributed by atoms with Crippen molar-refractivity contribution in [2.75, 3.05) is 0 Å². The van der Waals surface area contributed by atoms with Gasteiger partial charge in [0.2, 0.25) is 0 Å². The Balaban J connectivity index is 2.61. The van der Waals surface area contributed by atoms with Crippen LogP contribution >= 0.6 is 0 Å². The van der Waals surface area contributed by atoms with Gasteiger partial charge >= 0.3 is 0 Å². The molecule has 0 aliphatic rings. The monoisotopic (exact) mass is 263 g/mol. The normalized spacial score (nSPS) is 11.7. The molecule has 96 valence electrons. The summed E-state index contributed by atoms with van der Waals surface area (Å²) in [6.07, 6.45) is 0.693. The van der Waals surface area contributed by atoms with Crippen LogP contribution in [0.25, 0.3) is 0 Å². The average Bonchev–Trinajstić information content (AvgIpc) is 2.71. The highest BCUT2D eigenvalue weighted by molar-refractivity contribution is 7.90. The SMILES string of the molecule is CCc1ccc(C)n1S(=O)(=O)c1ccc(C)cc1. The number of hydrogen-bond acceptors (Lipinski definition) is 2. The Morgan fingerprint density at radius 3 is 2.17 bits per heavy atom. The predicted molar refractivity (Wildman–Crippen MR) is 72.3 cm³/mol. The summed E-state index contributed by atoms with van der Waals surface area (Å²) in [5.41, 5.74) is 2.61. The summed E-state index contributed by atoms with van der Waals surface area (Å²) in [4.78, 5) is 0.335. The van der Waals surface area contributed by atoms with E-state index in [0.29, 0.717) is 11.3 Å². The van der Waals surface area contributed by atoms with E-state index in [2.05, 4.69) is 0 Å². The highest BCUT2D eigenvalue weighted by Crippen LogP contribution is 2.20. The van der Waals surface area contributed by atoms with Crippen LogP contribution in [-0.2, 0) is 16.4 Å². The molecule has 2 aromatic rings. The lowest BCUT2D eigenvalue weighted by Crippen LogP contribution is -2.16. The molecule has 1 heterocycles. The van der Waals surface area contributed by atoms with Crippen LogP contribution in [0.5, 0.6) is 0 Å². The zero-order chi connectivity index (χ0) is 13.3. The van der Waals surface area contributed by atoms with E-state index in [1.165, 1.54) is 3.97 Å². The van der Waals surface area contributed by atoms with Crippen molar-refractivity contribution < 1.29 is 8.42 Å². The van der Waals surface area contributed by atoms with Crippen LogP contribution in [0, 0.1) is 13.8 Å². The van der Waals surface area contributed by atoms with Gasteiger partial charge in [-0.3, -0.25) is 0 Å². The second-order valence-electron chi connectivity index (χ2n) is 4.40. The smallest absolute Gasteiger partial charge is 0.243 e. The molecular formula is C14H17NO2S. The molecule has 0 radical (unpaired) electrons. The Morgan fingerprint density at radius 1 is 1.00 bits per heavy atom. The Labute approximate surface area is 108 Å². The van der Waals surface area contributed by atoms with Gasteiger partial charge in [-0.15, -0.1) is 0 Å². The molecule has 0 amide bonds. The minimum atomic E-state index is -3.47. The van der Waals surface area contributed by atoms with Crippen molar-refractivity contribution in [3.05, 3.63) is 53.3 Å². The molecule has 18 heavy (non-hydrogen) atoms. The number of aryl methyl sites for hydroxylation is 3. The molecular weight excluding hydrogens is 246 g/mol. The second-order valence-corrected chi connectivity index (χ2v) is 6.19. The van der Waals surface area contributed by atoms with Gasteiger partial charge in [-0.25, -0.2) is 12.4 Å². The summed E-state index contributed by atoms with van der Waals surface area (Å²) in [5, 5.41) is 0. The lowest BCUT2D eigenvalue weighted by atomic mass is 10.2. The Bertz CT molecular complexity index is 652. The van der Waals surface area contributed by atoms with Gasteiger partial charge in [-0.05, 0) is 44.5 Å². The summed E-state index contributed by atoms with van der Waals surface area (Å²) < 4.78 is 26.6. The molecule has 3 nitrogen and oxygen atoms in total. The first-order valence-corrected chi connectivity index (χ1v) is 7.40. The molecule has 1 aromatic carbocycles. The van der Waals surface area contributed by atoms with E-state index in [1.807, 2.05) is 45.0 Å². The largest absolute Gasteiger partial charge is 0.268 e. The van der Waals surface area contributed by atoms with Crippen molar-refractivity contribution in [1.29, 1.82) is 0 Å². The average molecular weight is 263 g/mol. The van der Waals surface area contributed by atoms with Crippen LogP contribution in [0.2, 0.25) is 0 Å². The van der Waals surface area contributed by atoms with Gasteiger partial charge in [0.05, 0.1) is 4.90 Å². The van der Waals surface area contributed by atoms with Crippen molar-refractivity contribution in [3.8, 4) is 0 Å². The molecule has 0 saturated heterocycles. The van der Waals surface area contributed by atoms with Crippen molar-refractivity contribution >= 4 is 10.0 Å². The van der Waals surface area contributed by atoms with Crippen LogP contribution in [0.4, 0.5) is 0 Å². The van der Waals surface area contributed by atoms with Crippen LogP contribution in [0.3, 0.4) is 0 Å². The zero-order valence-electron chi connectivity index (χ0n) is 10.8. The van der Waals surface area contributed by atoms with Gasteiger partial charge in [0.25, 0.3) is 10.0 Å². The van der Waals surface area contributed by atoms with Crippen molar-refractivity contribution in [2.24, 2.45) is 0 Å². The molecule has 0 N–H and O–H groups in total. The van der Waals surface area contributed by atoms with Crippen LogP contribution in [-0.4, -0.2) is 12.4 Å². The Hall–Kier alpha value is -1.55.